The molecule has 0 fully saturated rings. The lowest BCUT2D eigenvalue weighted by Crippen LogP contribution is -2.13. The Balaban J connectivity index is 2.26. The molecule has 0 atom stereocenters. The Hall–Kier alpha value is -1.61. The lowest BCUT2D eigenvalue weighted by molar-refractivity contribution is 0.101. The fraction of sp³-hybridized carbons (Fsp3) is 0.357. The zero-order valence-corrected chi connectivity index (χ0v) is 9.82. The van der Waals surface area contributed by atoms with Gasteiger partial charge in [0.2, 0.25) is 0 Å². The minimum absolute atomic E-state index is 0.0775. The van der Waals surface area contributed by atoms with Crippen LogP contribution >= 0.6 is 0 Å². The number of benzene rings is 1. The molecule has 3 nitrogen and oxygen atoms in total. The van der Waals surface area contributed by atoms with E-state index in [2.05, 4.69) is 0 Å². The zero-order valence-electron chi connectivity index (χ0n) is 9.82. The molecule has 0 saturated carbocycles. The number of carbonyl (C=O) groups is 1. The number of hydrogen-bond acceptors (Lipinski definition) is 3. The second-order valence-electron chi connectivity index (χ2n) is 4.14. The summed E-state index contributed by atoms with van der Waals surface area (Å²) in [6.07, 6.45) is 4.05. The van der Waals surface area contributed by atoms with Crippen LogP contribution in [0.4, 0.5) is 0 Å². The van der Waals surface area contributed by atoms with Gasteiger partial charge in [-0.2, -0.15) is 0 Å². The van der Waals surface area contributed by atoms with Crippen LogP contribution in [0.5, 0.6) is 0 Å². The van der Waals surface area contributed by atoms with Gasteiger partial charge < -0.3 is 10.5 Å². The van der Waals surface area contributed by atoms with Crippen LogP contribution in [-0.4, -0.2) is 18.9 Å². The smallest absolute Gasteiger partial charge is 0.192 e. The van der Waals surface area contributed by atoms with E-state index in [9.17, 15) is 4.79 Å². The van der Waals surface area contributed by atoms with Crippen LogP contribution in [0.3, 0.4) is 0 Å². The number of Topliss-reactive ketones (excluding diaryl/α,β-unsaturated/α-hetero) is 1. The lowest BCUT2D eigenvalue weighted by Gasteiger charge is -2.14. The minimum atomic E-state index is 0.0775. The van der Waals surface area contributed by atoms with Crippen molar-refractivity contribution in [2.75, 3.05) is 13.2 Å². The molecule has 0 unspecified atom stereocenters. The molecule has 2 rings (SSSR count). The molecule has 0 amide bonds. The summed E-state index contributed by atoms with van der Waals surface area (Å²) in [6, 6.07) is 7.65. The average Bonchev–Trinajstić information content (AvgIpc) is 2.40. The summed E-state index contributed by atoms with van der Waals surface area (Å²) >= 11 is 0. The van der Waals surface area contributed by atoms with Gasteiger partial charge in [0.15, 0.2) is 5.78 Å². The van der Waals surface area contributed by atoms with E-state index in [1.54, 1.807) is 6.26 Å². The van der Waals surface area contributed by atoms with E-state index in [0.29, 0.717) is 13.2 Å². The van der Waals surface area contributed by atoms with Crippen LogP contribution in [0.1, 0.15) is 28.8 Å². The molecule has 17 heavy (non-hydrogen) atoms. The number of hydrogen-bond donors (Lipinski definition) is 1. The number of ketones is 1. The normalized spacial score (nSPS) is 15.0. The first-order chi connectivity index (χ1) is 8.33. The van der Waals surface area contributed by atoms with Gasteiger partial charge in [-0.1, -0.05) is 24.3 Å². The van der Waals surface area contributed by atoms with Gasteiger partial charge in [0.05, 0.1) is 12.9 Å². The second kappa shape index (κ2) is 5.64. The molecule has 1 aliphatic heterocycles. The third kappa shape index (κ3) is 2.74. The van der Waals surface area contributed by atoms with Crippen LogP contribution in [0.15, 0.2) is 36.1 Å². The predicted octanol–water partition coefficient (Wildman–Crippen LogP) is 2.06. The molecule has 3 heteroatoms. The summed E-state index contributed by atoms with van der Waals surface area (Å²) in [4.78, 5) is 12.3. The number of carbonyl (C=O) groups excluding carboxylic acids is 1. The summed E-state index contributed by atoms with van der Waals surface area (Å²) in [5.41, 5.74) is 8.10. The summed E-state index contributed by atoms with van der Waals surface area (Å²) < 4.78 is 5.22. The molecule has 0 aromatic heterocycles. The van der Waals surface area contributed by atoms with Gasteiger partial charge in [-0.3, -0.25) is 4.79 Å². The number of allylic oxidation sites excluding steroid dienone is 1. The van der Waals surface area contributed by atoms with Gasteiger partial charge in [-0.25, -0.2) is 0 Å². The highest BCUT2D eigenvalue weighted by Gasteiger charge is 2.17. The van der Waals surface area contributed by atoms with E-state index in [-0.39, 0.29) is 5.78 Å². The van der Waals surface area contributed by atoms with E-state index >= 15 is 0 Å². The van der Waals surface area contributed by atoms with E-state index in [4.69, 9.17) is 10.5 Å². The highest BCUT2D eigenvalue weighted by Crippen LogP contribution is 2.20. The minimum Gasteiger partial charge on any atom is -0.501 e. The van der Waals surface area contributed by atoms with Crippen LogP contribution in [0.25, 0.3) is 0 Å². The zero-order chi connectivity index (χ0) is 12.1. The van der Waals surface area contributed by atoms with Crippen LogP contribution in [0, 0.1) is 0 Å². The van der Waals surface area contributed by atoms with Gasteiger partial charge >= 0.3 is 0 Å². The molecular formula is C14H17NO2. The number of rotatable bonds is 4. The van der Waals surface area contributed by atoms with Crippen molar-refractivity contribution in [3.63, 3.8) is 0 Å². The van der Waals surface area contributed by atoms with Crippen molar-refractivity contribution in [3.05, 3.63) is 47.2 Å². The average molecular weight is 231 g/mol. The van der Waals surface area contributed by atoms with Crippen molar-refractivity contribution < 1.29 is 9.53 Å². The van der Waals surface area contributed by atoms with Crippen molar-refractivity contribution >= 4 is 5.78 Å². The maximum Gasteiger partial charge on any atom is 0.192 e. The lowest BCUT2D eigenvalue weighted by atomic mass is 9.94. The highest BCUT2D eigenvalue weighted by molar-refractivity contribution is 6.09. The topological polar surface area (TPSA) is 52.3 Å². The molecule has 0 saturated heterocycles. The molecular weight excluding hydrogens is 214 g/mol. The van der Waals surface area contributed by atoms with Gasteiger partial charge in [0.25, 0.3) is 0 Å². The molecule has 0 bridgehead atoms. The maximum atomic E-state index is 12.3. The molecule has 1 heterocycles. The van der Waals surface area contributed by atoms with Gasteiger partial charge in [0, 0.05) is 11.1 Å². The van der Waals surface area contributed by atoms with E-state index < -0.39 is 0 Å². The standard InChI is InChI=1S/C14H17NO2/c15-8-7-11-4-1-2-6-13(11)14(16)12-5-3-9-17-10-12/h1-2,4,6,10H,3,5,7-9,15H2. The van der Waals surface area contributed by atoms with Crippen LogP contribution < -0.4 is 5.73 Å². The summed E-state index contributed by atoms with van der Waals surface area (Å²) in [5, 5.41) is 0. The summed E-state index contributed by atoms with van der Waals surface area (Å²) in [7, 11) is 0. The van der Waals surface area contributed by atoms with E-state index in [1.165, 1.54) is 0 Å². The van der Waals surface area contributed by atoms with Crippen molar-refractivity contribution in [1.82, 2.24) is 0 Å². The fourth-order valence-electron chi connectivity index (χ4n) is 2.02. The van der Waals surface area contributed by atoms with Crippen LogP contribution in [-0.2, 0) is 11.2 Å². The molecule has 0 radical (unpaired) electrons. The number of nitrogens with two attached hydrogens (primary N) is 1. The van der Waals surface area contributed by atoms with Crippen molar-refractivity contribution in [2.24, 2.45) is 5.73 Å². The summed E-state index contributed by atoms with van der Waals surface area (Å²) in [6.45, 7) is 1.26. The SMILES string of the molecule is NCCc1ccccc1C(=O)C1=COCCC1. The van der Waals surface area contributed by atoms with Gasteiger partial charge in [-0.15, -0.1) is 0 Å². The third-order valence-electron chi connectivity index (χ3n) is 2.90. The molecule has 1 aromatic rings. The van der Waals surface area contributed by atoms with Crippen molar-refractivity contribution in [2.45, 2.75) is 19.3 Å². The Labute approximate surface area is 101 Å². The molecule has 1 aromatic carbocycles. The Morgan fingerprint density at radius 2 is 2.18 bits per heavy atom. The molecule has 2 N–H and O–H groups in total. The molecule has 0 spiro atoms. The van der Waals surface area contributed by atoms with E-state index in [0.717, 1.165) is 36.0 Å². The summed E-state index contributed by atoms with van der Waals surface area (Å²) in [5.74, 6) is 0.0775. The Morgan fingerprint density at radius 3 is 2.88 bits per heavy atom. The molecule has 90 valence electrons. The van der Waals surface area contributed by atoms with Gasteiger partial charge in [0.1, 0.15) is 0 Å². The number of ether oxygens (including phenoxy) is 1. The Bertz CT molecular complexity index is 438. The third-order valence-corrected chi connectivity index (χ3v) is 2.90. The Kier molecular flexibility index (Phi) is 3.94. The fourth-order valence-corrected chi connectivity index (χ4v) is 2.02. The van der Waals surface area contributed by atoms with Gasteiger partial charge in [-0.05, 0) is 31.4 Å². The van der Waals surface area contributed by atoms with Crippen molar-refractivity contribution in [1.29, 1.82) is 0 Å². The quantitative estimate of drug-likeness (QED) is 0.807. The molecule has 0 aliphatic carbocycles. The highest BCUT2D eigenvalue weighted by atomic mass is 16.5. The predicted molar refractivity (Wildman–Crippen MR) is 66.8 cm³/mol. The van der Waals surface area contributed by atoms with E-state index in [1.807, 2.05) is 24.3 Å². The monoisotopic (exact) mass is 231 g/mol. The Morgan fingerprint density at radius 1 is 1.35 bits per heavy atom. The molecule has 1 aliphatic rings. The first-order valence-electron chi connectivity index (χ1n) is 5.96. The van der Waals surface area contributed by atoms with Crippen LogP contribution in [0.2, 0.25) is 0 Å². The van der Waals surface area contributed by atoms with Crippen molar-refractivity contribution in [3.8, 4) is 0 Å². The largest absolute Gasteiger partial charge is 0.501 e. The maximum absolute atomic E-state index is 12.3. The first kappa shape index (κ1) is 11.9. The first-order valence-corrected chi connectivity index (χ1v) is 5.96. The second-order valence-corrected chi connectivity index (χ2v) is 4.14.